The molecule has 0 radical (unpaired) electrons. The Labute approximate surface area is 178 Å². The van der Waals surface area contributed by atoms with E-state index in [-0.39, 0.29) is 10.8 Å². The quantitative estimate of drug-likeness (QED) is 0.600. The Balaban J connectivity index is 1.53. The molecule has 4 rings (SSSR count). The summed E-state index contributed by atoms with van der Waals surface area (Å²) < 4.78 is 37.2. The highest BCUT2D eigenvalue weighted by Crippen LogP contribution is 2.34. The van der Waals surface area contributed by atoms with Crippen LogP contribution in [0.15, 0.2) is 51.8 Å². The molecule has 1 saturated heterocycles. The van der Waals surface area contributed by atoms with Gasteiger partial charge in [0.2, 0.25) is 10.0 Å². The first-order valence-corrected chi connectivity index (χ1v) is 11.0. The Morgan fingerprint density at radius 1 is 1.13 bits per heavy atom. The van der Waals surface area contributed by atoms with Crippen LogP contribution in [0.25, 0.3) is 11.0 Å². The van der Waals surface area contributed by atoms with Crippen molar-refractivity contribution in [2.75, 3.05) is 31.1 Å². The lowest BCUT2D eigenvalue weighted by Gasteiger charge is -2.36. The van der Waals surface area contributed by atoms with Gasteiger partial charge >= 0.3 is 6.16 Å². The van der Waals surface area contributed by atoms with Crippen molar-refractivity contribution in [3.05, 3.63) is 53.1 Å². The van der Waals surface area contributed by atoms with E-state index in [0.29, 0.717) is 36.8 Å². The Kier molecular flexibility index (Phi) is 5.35. The molecule has 8 nitrogen and oxygen atoms in total. The normalized spacial score (nSPS) is 15.5. The molecular formula is C20H19ClN2O6S. The molecule has 1 N–H and O–H groups in total. The highest BCUT2D eigenvalue weighted by atomic mass is 35.5. The zero-order chi connectivity index (χ0) is 21.5. The van der Waals surface area contributed by atoms with Crippen molar-refractivity contribution in [3.8, 4) is 5.95 Å². The number of carboxylic acid groups (broad SMARTS) is 1. The first-order valence-electron chi connectivity index (χ1n) is 9.20. The Morgan fingerprint density at radius 2 is 1.87 bits per heavy atom. The molecule has 0 amide bonds. The number of ether oxygens (including phenoxy) is 1. The number of fused-ring (bicyclic) bond motifs is 1. The summed E-state index contributed by atoms with van der Waals surface area (Å²) in [7, 11) is -3.61. The van der Waals surface area contributed by atoms with Crippen LogP contribution in [-0.2, 0) is 10.0 Å². The number of nitrogens with zero attached hydrogens (tertiary/aromatic N) is 2. The maximum atomic E-state index is 12.9. The van der Waals surface area contributed by atoms with Crippen LogP contribution in [0.2, 0.25) is 5.02 Å². The van der Waals surface area contributed by atoms with Gasteiger partial charge in [0.15, 0.2) is 0 Å². The van der Waals surface area contributed by atoms with Gasteiger partial charge in [-0.1, -0.05) is 17.7 Å². The van der Waals surface area contributed by atoms with Gasteiger partial charge in [-0.15, -0.1) is 0 Å². The van der Waals surface area contributed by atoms with Crippen molar-refractivity contribution in [1.82, 2.24) is 4.31 Å². The molecule has 1 aliphatic rings. The number of carbonyl (C=O) groups is 1. The topological polar surface area (TPSA) is 100 Å². The fourth-order valence-electron chi connectivity index (χ4n) is 3.64. The van der Waals surface area contributed by atoms with Gasteiger partial charge in [-0.3, -0.25) is 0 Å². The third-order valence-corrected chi connectivity index (χ3v) is 7.25. The number of aryl methyl sites for hydroxylation is 1. The second-order valence-electron chi connectivity index (χ2n) is 6.90. The molecule has 3 aromatic rings. The molecule has 0 bridgehead atoms. The van der Waals surface area contributed by atoms with E-state index in [1.165, 1.54) is 10.4 Å². The Hall–Kier alpha value is -2.75. The van der Waals surface area contributed by atoms with Crippen LogP contribution in [0.4, 0.5) is 10.5 Å². The lowest BCUT2D eigenvalue weighted by atomic mass is 10.1. The van der Waals surface area contributed by atoms with E-state index in [9.17, 15) is 13.2 Å². The number of piperazine rings is 1. The van der Waals surface area contributed by atoms with Gasteiger partial charge in [0.1, 0.15) is 5.58 Å². The number of furan rings is 1. The summed E-state index contributed by atoms with van der Waals surface area (Å²) in [5, 5.41) is 9.88. The van der Waals surface area contributed by atoms with E-state index in [4.69, 9.17) is 21.1 Å². The third-order valence-electron chi connectivity index (χ3n) is 5.12. The number of rotatable bonds is 4. The summed E-state index contributed by atoms with van der Waals surface area (Å²) in [5.41, 5.74) is 2.36. The summed E-state index contributed by atoms with van der Waals surface area (Å²) in [4.78, 5) is 13.0. The minimum absolute atomic E-state index is 0.0878. The molecule has 1 aliphatic heterocycles. The highest BCUT2D eigenvalue weighted by molar-refractivity contribution is 7.89. The van der Waals surface area contributed by atoms with Crippen molar-refractivity contribution in [2.45, 2.75) is 11.8 Å². The van der Waals surface area contributed by atoms with E-state index in [1.54, 1.807) is 30.3 Å². The summed E-state index contributed by atoms with van der Waals surface area (Å²) in [6.45, 7) is 3.62. The molecule has 0 unspecified atom stereocenters. The lowest BCUT2D eigenvalue weighted by Crippen LogP contribution is -2.48. The maximum absolute atomic E-state index is 12.9. The van der Waals surface area contributed by atoms with E-state index in [1.807, 2.05) is 13.0 Å². The van der Waals surface area contributed by atoms with Gasteiger partial charge in [-0.05, 0) is 42.8 Å². The van der Waals surface area contributed by atoms with Crippen molar-refractivity contribution >= 4 is 44.4 Å². The first-order chi connectivity index (χ1) is 14.3. The van der Waals surface area contributed by atoms with Gasteiger partial charge in [0, 0.05) is 48.3 Å². The molecule has 1 fully saturated rings. The minimum atomic E-state index is -3.61. The summed E-state index contributed by atoms with van der Waals surface area (Å²) in [6, 6.07) is 11.4. The molecule has 0 saturated carbocycles. The molecule has 30 heavy (non-hydrogen) atoms. The molecule has 0 aliphatic carbocycles. The number of anilines is 1. The van der Waals surface area contributed by atoms with Gasteiger partial charge in [0.05, 0.1) is 4.90 Å². The van der Waals surface area contributed by atoms with Crippen LogP contribution in [0.3, 0.4) is 0 Å². The van der Waals surface area contributed by atoms with Crippen LogP contribution in [0.5, 0.6) is 5.95 Å². The summed E-state index contributed by atoms with van der Waals surface area (Å²) >= 11 is 5.95. The molecule has 158 valence electrons. The number of hydrogen-bond acceptors (Lipinski definition) is 6. The van der Waals surface area contributed by atoms with Gasteiger partial charge in [-0.2, -0.15) is 4.31 Å². The van der Waals surface area contributed by atoms with E-state index >= 15 is 0 Å². The zero-order valence-electron chi connectivity index (χ0n) is 16.0. The SMILES string of the molecule is Cc1c(N2CCN(S(=O)(=O)c3cccc(Cl)c3)CC2)ccc2oc(OC(=O)O)cc12. The number of halogens is 1. The van der Waals surface area contributed by atoms with Crippen LogP contribution < -0.4 is 9.64 Å². The third kappa shape index (κ3) is 3.83. The van der Waals surface area contributed by atoms with Gasteiger partial charge < -0.3 is 19.2 Å². The van der Waals surface area contributed by atoms with Crippen LogP contribution >= 0.6 is 11.6 Å². The minimum Gasteiger partial charge on any atom is -0.449 e. The van der Waals surface area contributed by atoms with Crippen molar-refractivity contribution in [1.29, 1.82) is 0 Å². The molecular weight excluding hydrogens is 432 g/mol. The van der Waals surface area contributed by atoms with E-state index in [2.05, 4.69) is 9.64 Å². The van der Waals surface area contributed by atoms with Crippen LogP contribution in [0.1, 0.15) is 5.56 Å². The first kappa shape index (κ1) is 20.5. The van der Waals surface area contributed by atoms with Crippen molar-refractivity contribution < 1.29 is 27.5 Å². The molecule has 1 aromatic heterocycles. The smallest absolute Gasteiger partial charge is 0.449 e. The van der Waals surface area contributed by atoms with Crippen molar-refractivity contribution in [3.63, 3.8) is 0 Å². The van der Waals surface area contributed by atoms with Crippen LogP contribution in [-0.4, -0.2) is 50.2 Å². The highest BCUT2D eigenvalue weighted by Gasteiger charge is 2.29. The second-order valence-corrected chi connectivity index (χ2v) is 9.28. The zero-order valence-corrected chi connectivity index (χ0v) is 17.6. The second kappa shape index (κ2) is 7.82. The molecule has 2 aromatic carbocycles. The summed E-state index contributed by atoms with van der Waals surface area (Å²) in [5.74, 6) is -0.0878. The predicted molar refractivity (Wildman–Crippen MR) is 112 cm³/mol. The molecule has 2 heterocycles. The largest absolute Gasteiger partial charge is 0.513 e. The molecule has 0 atom stereocenters. The number of hydrogen-bond donors (Lipinski definition) is 1. The fourth-order valence-corrected chi connectivity index (χ4v) is 5.36. The van der Waals surface area contributed by atoms with Crippen molar-refractivity contribution in [2.24, 2.45) is 0 Å². The standard InChI is InChI=1S/C20H19ClN2O6S/c1-13-16-12-19(29-20(24)25)28-18(16)6-5-17(13)22-7-9-23(10-8-22)30(26,27)15-4-2-3-14(21)11-15/h2-6,11-12H,7-10H2,1H3,(H,24,25). The molecule has 0 spiro atoms. The molecule has 10 heteroatoms. The lowest BCUT2D eigenvalue weighted by molar-refractivity contribution is 0.134. The maximum Gasteiger partial charge on any atom is 0.513 e. The van der Waals surface area contributed by atoms with Crippen LogP contribution in [0, 0.1) is 6.92 Å². The van der Waals surface area contributed by atoms with Gasteiger partial charge in [-0.25, -0.2) is 13.2 Å². The Bertz CT molecular complexity index is 1220. The Morgan fingerprint density at radius 3 is 2.53 bits per heavy atom. The predicted octanol–water partition coefficient (Wildman–Crippen LogP) is 3.96. The van der Waals surface area contributed by atoms with E-state index < -0.39 is 16.2 Å². The number of sulfonamides is 1. The van der Waals surface area contributed by atoms with E-state index in [0.717, 1.165) is 16.6 Å². The monoisotopic (exact) mass is 450 g/mol. The average Bonchev–Trinajstić information content (AvgIpc) is 3.11. The number of benzene rings is 2. The fraction of sp³-hybridized carbons (Fsp3) is 0.250. The van der Waals surface area contributed by atoms with Gasteiger partial charge in [0.25, 0.3) is 5.95 Å². The average molecular weight is 451 g/mol. The summed E-state index contributed by atoms with van der Waals surface area (Å²) in [6.07, 6.45) is -1.44.